The minimum Gasteiger partial charge on any atom is -0.312 e. The second-order valence-corrected chi connectivity index (χ2v) is 5.03. The molecular weight excluding hydrogens is 290 g/mol. The summed E-state index contributed by atoms with van der Waals surface area (Å²) in [7, 11) is 0. The summed E-state index contributed by atoms with van der Waals surface area (Å²) in [6.07, 6.45) is 12.2. The highest BCUT2D eigenvalue weighted by molar-refractivity contribution is 5.47. The fourth-order valence-corrected chi connectivity index (χ4v) is 2.04. The number of anilines is 1. The summed E-state index contributed by atoms with van der Waals surface area (Å²) in [4.78, 5) is 26.8. The number of nitrogens with zero attached hydrogens (tertiary/aromatic N) is 1. The molecule has 2 rings (SSSR count). The number of H-pyrrole nitrogens is 1. The van der Waals surface area contributed by atoms with E-state index in [0.29, 0.717) is 11.3 Å². The number of benzene rings is 1. The first-order valence-corrected chi connectivity index (χ1v) is 7.70. The number of rotatable bonds is 7. The molecular formula is C18H21N3O2. The van der Waals surface area contributed by atoms with Crippen LogP contribution in [0, 0.1) is 0 Å². The molecule has 1 heterocycles. The summed E-state index contributed by atoms with van der Waals surface area (Å²) in [6.45, 7) is 2.09. The van der Waals surface area contributed by atoms with Crippen LogP contribution in [0.4, 0.5) is 5.69 Å². The third-order valence-corrected chi connectivity index (χ3v) is 3.22. The predicted molar refractivity (Wildman–Crippen MR) is 94.5 cm³/mol. The Kier molecular flexibility index (Phi) is 6.17. The van der Waals surface area contributed by atoms with Crippen LogP contribution >= 0.6 is 0 Å². The van der Waals surface area contributed by atoms with E-state index in [-0.39, 0.29) is 5.56 Å². The Labute approximate surface area is 135 Å². The van der Waals surface area contributed by atoms with E-state index in [4.69, 9.17) is 0 Å². The molecule has 5 nitrogen and oxygen atoms in total. The average Bonchev–Trinajstić information content (AvgIpc) is 2.57. The number of para-hydroxylation sites is 1. The van der Waals surface area contributed by atoms with Crippen molar-refractivity contribution in [2.75, 3.05) is 5.43 Å². The molecule has 5 heteroatoms. The van der Waals surface area contributed by atoms with Gasteiger partial charge in [0.25, 0.3) is 5.56 Å². The number of aromatic nitrogens is 2. The van der Waals surface area contributed by atoms with Gasteiger partial charge in [-0.2, -0.15) is 4.68 Å². The summed E-state index contributed by atoms with van der Waals surface area (Å²) < 4.78 is 0.978. The number of aromatic amines is 1. The number of hydrogen-bond donors (Lipinski definition) is 2. The molecule has 0 amide bonds. The molecule has 0 radical (unpaired) electrons. The molecule has 0 atom stereocenters. The van der Waals surface area contributed by atoms with Crippen molar-refractivity contribution < 1.29 is 0 Å². The third kappa shape index (κ3) is 4.85. The summed E-state index contributed by atoms with van der Waals surface area (Å²) in [6, 6.07) is 9.09. The van der Waals surface area contributed by atoms with E-state index in [2.05, 4.69) is 29.5 Å². The zero-order chi connectivity index (χ0) is 16.5. The summed E-state index contributed by atoms with van der Waals surface area (Å²) in [5, 5.41) is 0. The molecule has 2 aromatic rings. The van der Waals surface area contributed by atoms with Crippen LogP contribution in [0.5, 0.6) is 0 Å². The highest BCUT2D eigenvalue weighted by Crippen LogP contribution is 2.04. The van der Waals surface area contributed by atoms with E-state index in [0.717, 1.165) is 23.9 Å². The van der Waals surface area contributed by atoms with E-state index in [9.17, 15) is 9.59 Å². The van der Waals surface area contributed by atoms with Gasteiger partial charge in [0.15, 0.2) is 0 Å². The number of hydrogen-bond acceptors (Lipinski definition) is 3. The summed E-state index contributed by atoms with van der Waals surface area (Å²) >= 11 is 0. The largest absolute Gasteiger partial charge is 0.347 e. The van der Waals surface area contributed by atoms with Gasteiger partial charge in [-0.05, 0) is 31.4 Å². The lowest BCUT2D eigenvalue weighted by Crippen LogP contribution is -2.40. The standard InChI is InChI=1S/C18H21N3O2/c1-2-3-4-5-6-8-11-15-14-19-18(23)21(17(15)22)20-16-12-9-7-10-13-16/h3-4,7-14,20H,2,5-6H2,1H3,(H,19,23). The summed E-state index contributed by atoms with van der Waals surface area (Å²) in [5.74, 6) is 0. The Morgan fingerprint density at radius 2 is 1.83 bits per heavy atom. The second-order valence-electron chi connectivity index (χ2n) is 5.03. The first kappa shape index (κ1) is 16.5. The van der Waals surface area contributed by atoms with E-state index < -0.39 is 5.69 Å². The molecule has 2 N–H and O–H groups in total. The van der Waals surface area contributed by atoms with Gasteiger partial charge in [-0.25, -0.2) is 4.79 Å². The van der Waals surface area contributed by atoms with Crippen LogP contribution in [0.25, 0.3) is 6.08 Å². The second kappa shape index (κ2) is 8.58. The van der Waals surface area contributed by atoms with Crippen molar-refractivity contribution in [3.05, 3.63) is 81.2 Å². The molecule has 0 unspecified atom stereocenters. The Morgan fingerprint density at radius 1 is 1.09 bits per heavy atom. The molecule has 0 aliphatic rings. The maximum absolute atomic E-state index is 12.4. The number of unbranched alkanes of at least 4 members (excludes halogenated alkanes) is 1. The van der Waals surface area contributed by atoms with Gasteiger partial charge in [0.05, 0.1) is 11.3 Å². The Morgan fingerprint density at radius 3 is 2.57 bits per heavy atom. The van der Waals surface area contributed by atoms with Crippen LogP contribution in [0.1, 0.15) is 31.7 Å². The zero-order valence-corrected chi connectivity index (χ0v) is 13.2. The minimum absolute atomic E-state index is 0.377. The van der Waals surface area contributed by atoms with Crippen molar-refractivity contribution in [3.8, 4) is 0 Å². The maximum atomic E-state index is 12.4. The van der Waals surface area contributed by atoms with Crippen molar-refractivity contribution in [1.29, 1.82) is 0 Å². The number of nitrogens with one attached hydrogen (secondary N) is 2. The van der Waals surface area contributed by atoms with Crippen LogP contribution in [-0.2, 0) is 0 Å². The van der Waals surface area contributed by atoms with Gasteiger partial charge in [-0.1, -0.05) is 49.4 Å². The van der Waals surface area contributed by atoms with Gasteiger partial charge in [0.2, 0.25) is 0 Å². The highest BCUT2D eigenvalue weighted by Gasteiger charge is 2.05. The maximum Gasteiger partial charge on any atom is 0.347 e. The Bertz CT molecular complexity index is 786. The normalized spacial score (nSPS) is 11.3. The lowest BCUT2D eigenvalue weighted by Gasteiger charge is -2.08. The minimum atomic E-state index is -0.498. The lowest BCUT2D eigenvalue weighted by molar-refractivity contribution is 0.804. The molecule has 0 bridgehead atoms. The fourth-order valence-electron chi connectivity index (χ4n) is 2.04. The van der Waals surface area contributed by atoms with E-state index in [1.165, 1.54) is 6.20 Å². The van der Waals surface area contributed by atoms with Gasteiger partial charge in [0, 0.05) is 6.20 Å². The topological polar surface area (TPSA) is 66.9 Å². The lowest BCUT2D eigenvalue weighted by atomic mass is 10.2. The quantitative estimate of drug-likeness (QED) is 0.609. The highest BCUT2D eigenvalue weighted by atomic mass is 16.2. The first-order chi connectivity index (χ1) is 11.2. The average molecular weight is 311 g/mol. The van der Waals surface area contributed by atoms with Gasteiger partial charge in [0.1, 0.15) is 0 Å². The molecule has 1 aromatic heterocycles. The fraction of sp³-hybridized carbons (Fsp3) is 0.222. The zero-order valence-electron chi connectivity index (χ0n) is 13.2. The van der Waals surface area contributed by atoms with Crippen LogP contribution < -0.4 is 16.7 Å². The molecule has 0 aliphatic heterocycles. The SMILES string of the molecule is CCC=CCCC=Cc1c[nH]c(=O)n(Nc2ccccc2)c1=O. The third-order valence-electron chi connectivity index (χ3n) is 3.22. The monoisotopic (exact) mass is 311 g/mol. The molecule has 0 saturated carbocycles. The Balaban J connectivity index is 2.15. The van der Waals surface area contributed by atoms with Gasteiger partial charge in [-0.15, -0.1) is 0 Å². The number of allylic oxidation sites excluding steroid dienone is 3. The van der Waals surface area contributed by atoms with Crippen molar-refractivity contribution in [2.24, 2.45) is 0 Å². The smallest absolute Gasteiger partial charge is 0.312 e. The van der Waals surface area contributed by atoms with Gasteiger partial charge >= 0.3 is 5.69 Å². The predicted octanol–water partition coefficient (Wildman–Crippen LogP) is 3.17. The van der Waals surface area contributed by atoms with Crippen LogP contribution in [-0.4, -0.2) is 9.66 Å². The molecule has 1 aromatic carbocycles. The van der Waals surface area contributed by atoms with Crippen molar-refractivity contribution in [3.63, 3.8) is 0 Å². The molecule has 0 saturated heterocycles. The van der Waals surface area contributed by atoms with Crippen LogP contribution in [0.3, 0.4) is 0 Å². The van der Waals surface area contributed by atoms with Crippen molar-refractivity contribution >= 4 is 11.8 Å². The van der Waals surface area contributed by atoms with E-state index >= 15 is 0 Å². The summed E-state index contributed by atoms with van der Waals surface area (Å²) in [5.41, 5.74) is 3.05. The molecule has 0 fully saturated rings. The van der Waals surface area contributed by atoms with Gasteiger partial charge < -0.3 is 4.98 Å². The van der Waals surface area contributed by atoms with Crippen molar-refractivity contribution in [2.45, 2.75) is 26.2 Å². The Hall–Kier alpha value is -2.82. The molecule has 0 spiro atoms. The van der Waals surface area contributed by atoms with Crippen LogP contribution in [0.15, 0.2) is 64.3 Å². The molecule has 0 aliphatic carbocycles. The van der Waals surface area contributed by atoms with Crippen molar-refractivity contribution in [1.82, 2.24) is 9.66 Å². The van der Waals surface area contributed by atoms with E-state index in [1.807, 2.05) is 24.3 Å². The first-order valence-electron chi connectivity index (χ1n) is 7.70. The van der Waals surface area contributed by atoms with Crippen LogP contribution in [0.2, 0.25) is 0 Å². The van der Waals surface area contributed by atoms with E-state index in [1.54, 1.807) is 18.2 Å². The van der Waals surface area contributed by atoms with Gasteiger partial charge in [-0.3, -0.25) is 10.2 Å². The molecule has 120 valence electrons. The molecule has 23 heavy (non-hydrogen) atoms.